The molecule has 1 aromatic carbocycles. The van der Waals surface area contributed by atoms with Crippen LogP contribution in [0.1, 0.15) is 25.3 Å². The second-order valence-electron chi connectivity index (χ2n) is 3.66. The number of hydrogen-bond donors (Lipinski definition) is 2. The molecule has 0 bridgehead atoms. The number of aromatic hydroxyl groups is 1. The maximum atomic E-state index is 11.0. The number of carbonyl (C=O) groups is 1. The Balaban J connectivity index is 3.06. The summed E-state index contributed by atoms with van der Waals surface area (Å²) in [5, 5.41) is 18.4. The molecular formula is C13H16O4. The Morgan fingerprint density at radius 2 is 2.18 bits per heavy atom. The van der Waals surface area contributed by atoms with Gasteiger partial charge in [0.05, 0.1) is 7.11 Å². The Kier molecular flexibility index (Phi) is 4.57. The van der Waals surface area contributed by atoms with Gasteiger partial charge >= 0.3 is 5.97 Å². The van der Waals surface area contributed by atoms with Gasteiger partial charge in [-0.1, -0.05) is 19.4 Å². The maximum absolute atomic E-state index is 11.0. The van der Waals surface area contributed by atoms with Crippen LogP contribution in [0.4, 0.5) is 0 Å². The van der Waals surface area contributed by atoms with Gasteiger partial charge in [-0.05, 0) is 30.2 Å². The Morgan fingerprint density at radius 1 is 1.47 bits per heavy atom. The lowest BCUT2D eigenvalue weighted by atomic mass is 10.1. The molecule has 92 valence electrons. The fraction of sp³-hybridized carbons (Fsp3) is 0.308. The molecule has 1 aromatic rings. The van der Waals surface area contributed by atoms with Crippen LogP contribution in [-0.4, -0.2) is 23.3 Å². The number of benzene rings is 1. The summed E-state index contributed by atoms with van der Waals surface area (Å²) in [5.74, 6) is -0.545. The van der Waals surface area contributed by atoms with Crippen LogP contribution in [0, 0.1) is 0 Å². The number of hydrogen-bond acceptors (Lipinski definition) is 3. The molecule has 17 heavy (non-hydrogen) atoms. The van der Waals surface area contributed by atoms with E-state index in [0.29, 0.717) is 23.3 Å². The molecule has 0 radical (unpaired) electrons. The summed E-state index contributed by atoms with van der Waals surface area (Å²) in [7, 11) is 1.45. The number of methoxy groups -OCH3 is 1. The van der Waals surface area contributed by atoms with Gasteiger partial charge in [-0.2, -0.15) is 0 Å². The lowest BCUT2D eigenvalue weighted by Crippen LogP contribution is -1.99. The van der Waals surface area contributed by atoms with Crippen molar-refractivity contribution in [1.82, 2.24) is 0 Å². The Bertz CT molecular complexity index is 435. The minimum absolute atomic E-state index is 0.0389. The number of phenolic OH excluding ortho intramolecular Hbond substituents is 1. The molecule has 0 unspecified atom stereocenters. The van der Waals surface area contributed by atoms with Crippen molar-refractivity contribution in [3.8, 4) is 11.5 Å². The third kappa shape index (κ3) is 3.52. The van der Waals surface area contributed by atoms with Crippen molar-refractivity contribution in [3.63, 3.8) is 0 Å². The fourth-order valence-electron chi connectivity index (χ4n) is 1.50. The van der Waals surface area contributed by atoms with Gasteiger partial charge in [0.15, 0.2) is 11.5 Å². The van der Waals surface area contributed by atoms with Crippen LogP contribution in [0.25, 0.3) is 6.08 Å². The lowest BCUT2D eigenvalue weighted by molar-refractivity contribution is -0.132. The average molecular weight is 236 g/mol. The number of aliphatic carboxylic acids is 1. The van der Waals surface area contributed by atoms with E-state index in [2.05, 4.69) is 0 Å². The molecule has 1 rings (SSSR count). The summed E-state index contributed by atoms with van der Waals surface area (Å²) in [5.41, 5.74) is 1.05. The number of rotatable bonds is 5. The van der Waals surface area contributed by atoms with Crippen LogP contribution in [0.5, 0.6) is 11.5 Å². The summed E-state index contributed by atoms with van der Waals surface area (Å²) >= 11 is 0. The highest BCUT2D eigenvalue weighted by Gasteiger charge is 2.07. The highest BCUT2D eigenvalue weighted by molar-refractivity contribution is 5.92. The fourth-order valence-corrected chi connectivity index (χ4v) is 1.50. The first-order chi connectivity index (χ1) is 8.08. The normalized spacial score (nSPS) is 11.3. The summed E-state index contributed by atoms with van der Waals surface area (Å²) in [4.78, 5) is 11.0. The monoisotopic (exact) mass is 236 g/mol. The molecule has 0 atom stereocenters. The molecule has 0 aliphatic heterocycles. The third-order valence-corrected chi connectivity index (χ3v) is 2.34. The molecule has 0 saturated heterocycles. The van der Waals surface area contributed by atoms with Gasteiger partial charge in [0.25, 0.3) is 0 Å². The van der Waals surface area contributed by atoms with Crippen LogP contribution in [0.2, 0.25) is 0 Å². The van der Waals surface area contributed by atoms with Crippen LogP contribution in [0.15, 0.2) is 23.8 Å². The quantitative estimate of drug-likeness (QED) is 0.771. The smallest absolute Gasteiger partial charge is 0.331 e. The number of ether oxygens (including phenoxy) is 1. The van der Waals surface area contributed by atoms with Crippen molar-refractivity contribution in [2.75, 3.05) is 7.11 Å². The van der Waals surface area contributed by atoms with E-state index in [4.69, 9.17) is 9.84 Å². The Hall–Kier alpha value is -1.97. The molecule has 2 N–H and O–H groups in total. The average Bonchev–Trinajstić information content (AvgIpc) is 2.30. The second kappa shape index (κ2) is 5.94. The lowest BCUT2D eigenvalue weighted by Gasteiger charge is -2.05. The largest absolute Gasteiger partial charge is 0.504 e. The molecule has 0 aliphatic rings. The first kappa shape index (κ1) is 13.1. The van der Waals surface area contributed by atoms with E-state index in [-0.39, 0.29) is 5.75 Å². The van der Waals surface area contributed by atoms with Crippen LogP contribution in [-0.2, 0) is 4.79 Å². The minimum atomic E-state index is -0.918. The summed E-state index contributed by atoms with van der Waals surface area (Å²) in [6.45, 7) is 1.92. The number of phenols is 1. The minimum Gasteiger partial charge on any atom is -0.504 e. The van der Waals surface area contributed by atoms with Crippen molar-refractivity contribution in [2.45, 2.75) is 19.8 Å². The van der Waals surface area contributed by atoms with Gasteiger partial charge in [0.2, 0.25) is 0 Å². The van der Waals surface area contributed by atoms with Crippen molar-refractivity contribution in [1.29, 1.82) is 0 Å². The van der Waals surface area contributed by atoms with Gasteiger partial charge in [0.1, 0.15) is 0 Å². The standard InChI is InChI=1S/C13H16O4/c1-3-4-10(13(15)16)7-9-5-6-11(14)12(8-9)17-2/h5-8,14H,3-4H2,1-2H3,(H,15,16)/b10-7+. The van der Waals surface area contributed by atoms with Crippen molar-refractivity contribution in [3.05, 3.63) is 29.3 Å². The summed E-state index contributed by atoms with van der Waals surface area (Å²) in [6.07, 6.45) is 2.87. The second-order valence-corrected chi connectivity index (χ2v) is 3.66. The zero-order valence-electron chi connectivity index (χ0n) is 9.93. The van der Waals surface area contributed by atoms with Crippen LogP contribution >= 0.6 is 0 Å². The van der Waals surface area contributed by atoms with E-state index in [9.17, 15) is 9.90 Å². The third-order valence-electron chi connectivity index (χ3n) is 2.34. The number of carboxylic acid groups (broad SMARTS) is 1. The van der Waals surface area contributed by atoms with E-state index in [1.165, 1.54) is 13.2 Å². The van der Waals surface area contributed by atoms with E-state index < -0.39 is 5.97 Å². The maximum Gasteiger partial charge on any atom is 0.331 e. The molecule has 0 aromatic heterocycles. The van der Waals surface area contributed by atoms with Gasteiger partial charge in [-0.25, -0.2) is 4.79 Å². The van der Waals surface area contributed by atoms with Crippen molar-refractivity contribution >= 4 is 12.0 Å². The SMILES string of the molecule is CCC/C(=C\c1ccc(O)c(OC)c1)C(=O)O. The molecular weight excluding hydrogens is 220 g/mol. The molecule has 0 fully saturated rings. The van der Waals surface area contributed by atoms with E-state index in [1.54, 1.807) is 18.2 Å². The van der Waals surface area contributed by atoms with E-state index in [0.717, 1.165) is 6.42 Å². The first-order valence-corrected chi connectivity index (χ1v) is 5.39. The first-order valence-electron chi connectivity index (χ1n) is 5.39. The predicted octanol–water partition coefficient (Wildman–Crippen LogP) is 2.67. The Morgan fingerprint density at radius 3 is 2.71 bits per heavy atom. The molecule has 0 aliphatic carbocycles. The number of carboxylic acids is 1. The van der Waals surface area contributed by atoms with Crippen LogP contribution in [0.3, 0.4) is 0 Å². The molecule has 0 heterocycles. The van der Waals surface area contributed by atoms with Gasteiger partial charge in [-0.3, -0.25) is 0 Å². The van der Waals surface area contributed by atoms with Gasteiger partial charge in [-0.15, -0.1) is 0 Å². The highest BCUT2D eigenvalue weighted by atomic mass is 16.5. The summed E-state index contributed by atoms with van der Waals surface area (Å²) < 4.78 is 4.96. The molecule has 4 nitrogen and oxygen atoms in total. The zero-order valence-corrected chi connectivity index (χ0v) is 9.93. The van der Waals surface area contributed by atoms with Crippen molar-refractivity contribution < 1.29 is 19.7 Å². The van der Waals surface area contributed by atoms with Gasteiger partial charge in [0, 0.05) is 5.57 Å². The highest BCUT2D eigenvalue weighted by Crippen LogP contribution is 2.27. The van der Waals surface area contributed by atoms with Crippen LogP contribution < -0.4 is 4.74 Å². The predicted molar refractivity (Wildman–Crippen MR) is 65.2 cm³/mol. The van der Waals surface area contributed by atoms with Crippen molar-refractivity contribution in [2.24, 2.45) is 0 Å². The van der Waals surface area contributed by atoms with Gasteiger partial charge < -0.3 is 14.9 Å². The van der Waals surface area contributed by atoms with E-state index >= 15 is 0 Å². The van der Waals surface area contributed by atoms with E-state index in [1.807, 2.05) is 6.92 Å². The molecule has 4 heteroatoms. The summed E-state index contributed by atoms with van der Waals surface area (Å²) in [6, 6.07) is 4.74. The molecule has 0 saturated carbocycles. The molecule has 0 spiro atoms. The Labute approximate surface area is 100 Å². The molecule has 0 amide bonds. The topological polar surface area (TPSA) is 66.8 Å². The zero-order chi connectivity index (χ0) is 12.8.